The van der Waals surface area contributed by atoms with Crippen molar-refractivity contribution < 1.29 is 0 Å². The highest BCUT2D eigenvalue weighted by atomic mass is 35.5. The van der Waals surface area contributed by atoms with E-state index in [0.717, 1.165) is 22.6 Å². The largest absolute Gasteiger partial charge is 0.383 e. The van der Waals surface area contributed by atoms with Gasteiger partial charge in [-0.15, -0.1) is 0 Å². The maximum atomic E-state index is 5.95. The van der Waals surface area contributed by atoms with Crippen molar-refractivity contribution >= 4 is 17.4 Å². The molecule has 0 fully saturated rings. The van der Waals surface area contributed by atoms with Crippen LogP contribution in [0.1, 0.15) is 31.2 Å². The zero-order chi connectivity index (χ0) is 13.3. The second-order valence-corrected chi connectivity index (χ2v) is 5.04. The van der Waals surface area contributed by atoms with Gasteiger partial charge in [0.2, 0.25) is 0 Å². The minimum Gasteiger partial charge on any atom is -0.383 e. The molecule has 3 nitrogen and oxygen atoms in total. The molecular formula is C14H16ClN3. The number of benzene rings is 1. The Hall–Kier alpha value is -1.61. The molecule has 0 aliphatic rings. The Labute approximate surface area is 112 Å². The molecule has 0 spiro atoms. The van der Waals surface area contributed by atoms with Gasteiger partial charge in [0.25, 0.3) is 0 Å². The third-order valence-corrected chi connectivity index (χ3v) is 3.09. The highest BCUT2D eigenvalue weighted by Crippen LogP contribution is 2.27. The van der Waals surface area contributed by atoms with Gasteiger partial charge in [-0.3, -0.25) is 0 Å². The Kier molecular flexibility index (Phi) is 3.53. The fourth-order valence-corrected chi connectivity index (χ4v) is 1.82. The van der Waals surface area contributed by atoms with Crippen LogP contribution >= 0.6 is 11.6 Å². The number of nitrogen functional groups attached to an aromatic ring is 1. The summed E-state index contributed by atoms with van der Waals surface area (Å²) < 4.78 is 0. The molecule has 0 saturated carbocycles. The zero-order valence-corrected chi connectivity index (χ0v) is 11.5. The third kappa shape index (κ3) is 2.46. The van der Waals surface area contributed by atoms with Crippen molar-refractivity contribution in [2.45, 2.75) is 26.7 Å². The summed E-state index contributed by atoms with van der Waals surface area (Å²) in [6.45, 7) is 6.04. The molecule has 2 rings (SSSR count). The maximum Gasteiger partial charge on any atom is 0.133 e. The molecule has 0 atom stereocenters. The standard InChI is InChI=1S/C14H16ClN3/c1-8(2)14-17-12(9(3)13(16)18-14)10-4-6-11(15)7-5-10/h4-8H,1-3H3,(H2,16,17,18). The number of halogens is 1. The van der Waals surface area contributed by atoms with E-state index in [4.69, 9.17) is 17.3 Å². The van der Waals surface area contributed by atoms with Crippen molar-refractivity contribution in [2.75, 3.05) is 5.73 Å². The average molecular weight is 262 g/mol. The SMILES string of the molecule is Cc1c(N)nc(C(C)C)nc1-c1ccc(Cl)cc1. The van der Waals surface area contributed by atoms with Crippen molar-refractivity contribution in [3.05, 3.63) is 40.7 Å². The highest BCUT2D eigenvalue weighted by molar-refractivity contribution is 6.30. The quantitative estimate of drug-likeness (QED) is 0.894. The number of anilines is 1. The van der Waals surface area contributed by atoms with Crippen LogP contribution in [0.3, 0.4) is 0 Å². The van der Waals surface area contributed by atoms with Gasteiger partial charge < -0.3 is 5.73 Å². The van der Waals surface area contributed by atoms with E-state index in [1.165, 1.54) is 0 Å². The van der Waals surface area contributed by atoms with E-state index in [1.54, 1.807) is 0 Å². The summed E-state index contributed by atoms with van der Waals surface area (Å²) in [5.74, 6) is 1.56. The molecule has 0 saturated heterocycles. The van der Waals surface area contributed by atoms with E-state index in [0.29, 0.717) is 10.8 Å². The minimum absolute atomic E-state index is 0.249. The molecule has 1 heterocycles. The number of nitrogens with zero attached hydrogens (tertiary/aromatic N) is 2. The Morgan fingerprint density at radius 1 is 1.11 bits per heavy atom. The molecule has 0 bridgehead atoms. The van der Waals surface area contributed by atoms with Crippen LogP contribution < -0.4 is 5.73 Å². The molecule has 0 unspecified atom stereocenters. The van der Waals surface area contributed by atoms with Crippen molar-refractivity contribution in [1.82, 2.24) is 9.97 Å². The Morgan fingerprint density at radius 3 is 2.28 bits per heavy atom. The summed E-state index contributed by atoms with van der Waals surface area (Å²) in [5, 5.41) is 0.711. The molecule has 18 heavy (non-hydrogen) atoms. The normalized spacial score (nSPS) is 10.9. The van der Waals surface area contributed by atoms with Gasteiger partial charge in [0, 0.05) is 22.1 Å². The molecule has 1 aromatic carbocycles. The predicted molar refractivity (Wildman–Crippen MR) is 75.7 cm³/mol. The number of aromatic nitrogens is 2. The smallest absolute Gasteiger partial charge is 0.133 e. The van der Waals surface area contributed by atoms with Gasteiger partial charge in [-0.2, -0.15) is 0 Å². The van der Waals surface area contributed by atoms with E-state index in [2.05, 4.69) is 23.8 Å². The molecular weight excluding hydrogens is 246 g/mol. The van der Waals surface area contributed by atoms with Gasteiger partial charge in [-0.1, -0.05) is 37.6 Å². The summed E-state index contributed by atoms with van der Waals surface area (Å²) >= 11 is 5.89. The molecule has 1 aromatic heterocycles. The number of rotatable bonds is 2. The van der Waals surface area contributed by atoms with Crippen LogP contribution in [0.15, 0.2) is 24.3 Å². The molecule has 0 aliphatic heterocycles. The monoisotopic (exact) mass is 261 g/mol. The van der Waals surface area contributed by atoms with Gasteiger partial charge >= 0.3 is 0 Å². The summed E-state index contributed by atoms with van der Waals surface area (Å²) in [7, 11) is 0. The molecule has 2 N–H and O–H groups in total. The Balaban J connectivity index is 2.59. The van der Waals surface area contributed by atoms with Crippen molar-refractivity contribution in [1.29, 1.82) is 0 Å². The van der Waals surface area contributed by atoms with Crippen LogP contribution in [-0.2, 0) is 0 Å². The van der Waals surface area contributed by atoms with Crippen LogP contribution in [-0.4, -0.2) is 9.97 Å². The Bertz CT molecular complexity index is 562. The number of hydrogen-bond donors (Lipinski definition) is 1. The van der Waals surface area contributed by atoms with Crippen LogP contribution in [0.4, 0.5) is 5.82 Å². The molecule has 4 heteroatoms. The van der Waals surface area contributed by atoms with Gasteiger partial charge in [0.15, 0.2) is 0 Å². The lowest BCUT2D eigenvalue weighted by molar-refractivity contribution is 0.776. The second kappa shape index (κ2) is 4.94. The number of hydrogen-bond acceptors (Lipinski definition) is 3. The Morgan fingerprint density at radius 2 is 1.72 bits per heavy atom. The summed E-state index contributed by atoms with van der Waals surface area (Å²) in [4.78, 5) is 8.91. The van der Waals surface area contributed by atoms with Gasteiger partial charge in [0.1, 0.15) is 11.6 Å². The molecule has 2 aromatic rings. The lowest BCUT2D eigenvalue weighted by atomic mass is 10.1. The van der Waals surface area contributed by atoms with Crippen LogP contribution in [0, 0.1) is 6.92 Å². The van der Waals surface area contributed by atoms with Crippen molar-refractivity contribution in [2.24, 2.45) is 0 Å². The predicted octanol–water partition coefficient (Wildman–Crippen LogP) is 3.81. The summed E-state index contributed by atoms with van der Waals surface area (Å²) in [6.07, 6.45) is 0. The third-order valence-electron chi connectivity index (χ3n) is 2.83. The van der Waals surface area contributed by atoms with Crippen LogP contribution in [0.5, 0.6) is 0 Å². The number of nitrogens with two attached hydrogens (primary N) is 1. The van der Waals surface area contributed by atoms with Crippen molar-refractivity contribution in [3.8, 4) is 11.3 Å². The van der Waals surface area contributed by atoms with Gasteiger partial charge in [-0.05, 0) is 19.1 Å². The van der Waals surface area contributed by atoms with Gasteiger partial charge in [0.05, 0.1) is 5.69 Å². The van der Waals surface area contributed by atoms with E-state index in [9.17, 15) is 0 Å². The van der Waals surface area contributed by atoms with Crippen LogP contribution in [0.2, 0.25) is 5.02 Å². The second-order valence-electron chi connectivity index (χ2n) is 4.60. The molecule has 0 aliphatic carbocycles. The molecule has 94 valence electrons. The average Bonchev–Trinajstić information content (AvgIpc) is 2.33. The fourth-order valence-electron chi connectivity index (χ4n) is 1.70. The summed E-state index contributed by atoms with van der Waals surface area (Å²) in [6, 6.07) is 7.59. The lowest BCUT2D eigenvalue weighted by Crippen LogP contribution is -2.06. The zero-order valence-electron chi connectivity index (χ0n) is 10.7. The topological polar surface area (TPSA) is 51.8 Å². The highest BCUT2D eigenvalue weighted by Gasteiger charge is 2.12. The fraction of sp³-hybridized carbons (Fsp3) is 0.286. The molecule has 0 amide bonds. The maximum absolute atomic E-state index is 5.95. The van der Waals surface area contributed by atoms with E-state index >= 15 is 0 Å². The van der Waals surface area contributed by atoms with E-state index in [-0.39, 0.29) is 5.92 Å². The molecule has 0 radical (unpaired) electrons. The first-order valence-electron chi connectivity index (χ1n) is 5.89. The van der Waals surface area contributed by atoms with Crippen molar-refractivity contribution in [3.63, 3.8) is 0 Å². The van der Waals surface area contributed by atoms with E-state index in [1.807, 2.05) is 31.2 Å². The van der Waals surface area contributed by atoms with Gasteiger partial charge in [-0.25, -0.2) is 9.97 Å². The first-order chi connectivity index (χ1) is 8.49. The van der Waals surface area contributed by atoms with E-state index < -0.39 is 0 Å². The first kappa shape index (κ1) is 12.8. The summed E-state index contributed by atoms with van der Waals surface area (Å²) in [5.41, 5.74) is 8.74. The van der Waals surface area contributed by atoms with Crippen LogP contribution in [0.25, 0.3) is 11.3 Å². The minimum atomic E-state index is 0.249. The lowest BCUT2D eigenvalue weighted by Gasteiger charge is -2.12. The first-order valence-corrected chi connectivity index (χ1v) is 6.26.